The quantitative estimate of drug-likeness (QED) is 0.825. The monoisotopic (exact) mass is 333 g/mol. The third kappa shape index (κ3) is 3.25. The van der Waals surface area contributed by atoms with Crippen LogP contribution in [0.15, 0.2) is 17.0 Å². The van der Waals surface area contributed by atoms with E-state index in [1.54, 1.807) is 12.1 Å². The third-order valence-electron chi connectivity index (χ3n) is 3.73. The lowest BCUT2D eigenvalue weighted by molar-refractivity contribution is 0.0838. The van der Waals surface area contributed by atoms with E-state index in [2.05, 4.69) is 5.32 Å². The highest BCUT2D eigenvalue weighted by molar-refractivity contribution is 7.98. The molecular formula is C14H17Cl2NO2S. The highest BCUT2D eigenvalue weighted by Crippen LogP contribution is 2.33. The number of benzene rings is 1. The van der Waals surface area contributed by atoms with Gasteiger partial charge in [-0.1, -0.05) is 36.0 Å². The predicted molar refractivity (Wildman–Crippen MR) is 84.0 cm³/mol. The number of rotatable bonds is 4. The molecule has 1 saturated carbocycles. The molecule has 1 fully saturated rings. The van der Waals surface area contributed by atoms with Crippen LogP contribution in [0.5, 0.6) is 0 Å². The van der Waals surface area contributed by atoms with Gasteiger partial charge in [0, 0.05) is 4.90 Å². The van der Waals surface area contributed by atoms with Crippen LogP contribution < -0.4 is 5.32 Å². The van der Waals surface area contributed by atoms with Crippen LogP contribution in [0.4, 0.5) is 0 Å². The zero-order valence-electron chi connectivity index (χ0n) is 11.2. The van der Waals surface area contributed by atoms with Crippen molar-refractivity contribution in [2.24, 2.45) is 0 Å². The van der Waals surface area contributed by atoms with Gasteiger partial charge in [0.1, 0.15) is 0 Å². The molecule has 20 heavy (non-hydrogen) atoms. The van der Waals surface area contributed by atoms with E-state index in [4.69, 9.17) is 23.2 Å². The molecule has 1 aromatic rings. The van der Waals surface area contributed by atoms with Gasteiger partial charge in [-0.25, -0.2) is 0 Å². The first-order chi connectivity index (χ1) is 9.51. The first-order valence-corrected chi connectivity index (χ1v) is 8.46. The van der Waals surface area contributed by atoms with Crippen LogP contribution in [0.2, 0.25) is 10.0 Å². The molecule has 0 atom stereocenters. The van der Waals surface area contributed by atoms with Gasteiger partial charge in [0.2, 0.25) is 0 Å². The molecule has 0 aliphatic heterocycles. The number of carbonyl (C=O) groups is 1. The third-order valence-corrected chi connectivity index (χ3v) is 5.24. The number of carbonyl (C=O) groups excluding carboxylic acids is 1. The van der Waals surface area contributed by atoms with Crippen molar-refractivity contribution in [1.29, 1.82) is 0 Å². The predicted octanol–water partition coefficient (Wildman–Crippen LogP) is 3.75. The molecule has 1 aliphatic carbocycles. The molecule has 0 saturated heterocycles. The average Bonchev–Trinajstić information content (AvgIpc) is 2.88. The second-order valence-electron chi connectivity index (χ2n) is 5.07. The molecule has 2 rings (SSSR count). The number of halogens is 2. The Morgan fingerprint density at radius 1 is 1.35 bits per heavy atom. The summed E-state index contributed by atoms with van der Waals surface area (Å²) in [6.07, 6.45) is 5.53. The Bertz CT molecular complexity index is 516. The minimum Gasteiger partial charge on any atom is -0.394 e. The second-order valence-corrected chi connectivity index (χ2v) is 6.73. The number of amides is 1. The zero-order valence-corrected chi connectivity index (χ0v) is 13.5. The summed E-state index contributed by atoms with van der Waals surface area (Å²) < 4.78 is 0. The summed E-state index contributed by atoms with van der Waals surface area (Å²) >= 11 is 13.6. The van der Waals surface area contributed by atoms with E-state index in [0.29, 0.717) is 15.6 Å². The fourth-order valence-corrected chi connectivity index (χ4v) is 3.73. The maximum atomic E-state index is 12.4. The summed E-state index contributed by atoms with van der Waals surface area (Å²) in [6.45, 7) is -0.0423. The molecule has 0 spiro atoms. The summed E-state index contributed by atoms with van der Waals surface area (Å²) in [4.78, 5) is 13.2. The standard InChI is InChI=1S/C14H17Cl2NO2S/c1-20-12-6-9(10(15)7-11(12)16)13(19)17-14(8-18)4-2-3-5-14/h6-7,18H,2-5,8H2,1H3,(H,17,19). The average molecular weight is 334 g/mol. The molecule has 1 aliphatic rings. The maximum Gasteiger partial charge on any atom is 0.253 e. The Hall–Kier alpha value is -0.420. The van der Waals surface area contributed by atoms with E-state index >= 15 is 0 Å². The van der Waals surface area contributed by atoms with Crippen molar-refractivity contribution in [3.8, 4) is 0 Å². The van der Waals surface area contributed by atoms with Gasteiger partial charge in [0.05, 0.1) is 27.8 Å². The fraction of sp³-hybridized carbons (Fsp3) is 0.500. The highest BCUT2D eigenvalue weighted by atomic mass is 35.5. The lowest BCUT2D eigenvalue weighted by Gasteiger charge is -2.28. The van der Waals surface area contributed by atoms with E-state index < -0.39 is 5.54 Å². The van der Waals surface area contributed by atoms with Crippen LogP contribution in [0.3, 0.4) is 0 Å². The van der Waals surface area contributed by atoms with Gasteiger partial charge in [-0.2, -0.15) is 0 Å². The van der Waals surface area contributed by atoms with Crippen molar-refractivity contribution < 1.29 is 9.90 Å². The Morgan fingerprint density at radius 3 is 2.55 bits per heavy atom. The maximum absolute atomic E-state index is 12.4. The minimum atomic E-state index is -0.500. The molecule has 0 heterocycles. The number of aliphatic hydroxyl groups excluding tert-OH is 1. The molecule has 2 N–H and O–H groups in total. The Morgan fingerprint density at radius 2 is 2.00 bits per heavy atom. The normalized spacial score (nSPS) is 17.2. The zero-order chi connectivity index (χ0) is 14.8. The van der Waals surface area contributed by atoms with Crippen molar-refractivity contribution in [2.45, 2.75) is 36.1 Å². The van der Waals surface area contributed by atoms with Crippen molar-refractivity contribution in [3.05, 3.63) is 27.7 Å². The lowest BCUT2D eigenvalue weighted by atomic mass is 9.98. The summed E-state index contributed by atoms with van der Waals surface area (Å²) in [7, 11) is 0. The van der Waals surface area contributed by atoms with Gasteiger partial charge in [-0.05, 0) is 31.2 Å². The fourth-order valence-electron chi connectivity index (χ4n) is 2.54. The number of thioether (sulfide) groups is 1. The smallest absolute Gasteiger partial charge is 0.253 e. The van der Waals surface area contributed by atoms with Crippen molar-refractivity contribution >= 4 is 40.9 Å². The summed E-state index contributed by atoms with van der Waals surface area (Å²) in [5.41, 5.74) is -0.0975. The van der Waals surface area contributed by atoms with Gasteiger partial charge in [0.15, 0.2) is 0 Å². The molecule has 1 amide bonds. The minimum absolute atomic E-state index is 0.0423. The van der Waals surface area contributed by atoms with Gasteiger partial charge in [0.25, 0.3) is 5.91 Å². The molecule has 0 bridgehead atoms. The molecule has 0 unspecified atom stereocenters. The van der Waals surface area contributed by atoms with Gasteiger partial charge >= 0.3 is 0 Å². The molecule has 0 aromatic heterocycles. The Kier molecular flexibility index (Phi) is 5.24. The van der Waals surface area contributed by atoms with Gasteiger partial charge < -0.3 is 10.4 Å². The van der Waals surface area contributed by atoms with Crippen LogP contribution in [0.1, 0.15) is 36.0 Å². The Labute approximate surface area is 133 Å². The highest BCUT2D eigenvalue weighted by Gasteiger charge is 2.35. The first-order valence-electron chi connectivity index (χ1n) is 6.48. The summed E-state index contributed by atoms with van der Waals surface area (Å²) in [5, 5.41) is 13.4. The number of aliphatic hydroxyl groups is 1. The van der Waals surface area contributed by atoms with Crippen LogP contribution >= 0.6 is 35.0 Å². The van der Waals surface area contributed by atoms with Crippen molar-refractivity contribution in [2.75, 3.05) is 12.9 Å². The van der Waals surface area contributed by atoms with Crippen molar-refractivity contribution in [3.63, 3.8) is 0 Å². The Balaban J connectivity index is 2.25. The van der Waals surface area contributed by atoms with Crippen LogP contribution in [0.25, 0.3) is 0 Å². The van der Waals surface area contributed by atoms with Crippen LogP contribution in [-0.4, -0.2) is 29.4 Å². The molecule has 0 radical (unpaired) electrons. The first kappa shape index (κ1) is 16.0. The molecule has 6 heteroatoms. The van der Waals surface area contributed by atoms with E-state index in [9.17, 15) is 9.90 Å². The van der Waals surface area contributed by atoms with Gasteiger partial charge in [-0.3, -0.25) is 4.79 Å². The SMILES string of the molecule is CSc1cc(C(=O)NC2(CO)CCCC2)c(Cl)cc1Cl. The summed E-state index contributed by atoms with van der Waals surface area (Å²) in [5.74, 6) is -0.252. The summed E-state index contributed by atoms with van der Waals surface area (Å²) in [6, 6.07) is 3.29. The van der Waals surface area contributed by atoms with Gasteiger partial charge in [-0.15, -0.1) is 11.8 Å². The van der Waals surface area contributed by atoms with E-state index in [1.165, 1.54) is 11.8 Å². The van der Waals surface area contributed by atoms with E-state index in [1.807, 2.05) is 6.26 Å². The van der Waals surface area contributed by atoms with Crippen molar-refractivity contribution in [1.82, 2.24) is 5.32 Å². The molecule has 1 aromatic carbocycles. The second kappa shape index (κ2) is 6.56. The molecule has 3 nitrogen and oxygen atoms in total. The topological polar surface area (TPSA) is 49.3 Å². The number of hydrogen-bond acceptors (Lipinski definition) is 3. The van der Waals surface area contributed by atoms with E-state index in [0.717, 1.165) is 30.6 Å². The number of hydrogen-bond donors (Lipinski definition) is 2. The molecular weight excluding hydrogens is 317 g/mol. The molecule has 110 valence electrons. The van der Waals surface area contributed by atoms with E-state index in [-0.39, 0.29) is 12.5 Å². The number of nitrogens with one attached hydrogen (secondary N) is 1. The lowest BCUT2D eigenvalue weighted by Crippen LogP contribution is -2.49. The van der Waals surface area contributed by atoms with Crippen LogP contribution in [-0.2, 0) is 0 Å². The largest absolute Gasteiger partial charge is 0.394 e. The van der Waals surface area contributed by atoms with Crippen LogP contribution in [0, 0.1) is 0 Å².